The summed E-state index contributed by atoms with van der Waals surface area (Å²) in [4.78, 5) is 2.61. The first-order chi connectivity index (χ1) is 19.8. The molecule has 3 aliphatic heterocycles. The summed E-state index contributed by atoms with van der Waals surface area (Å²) in [6.07, 6.45) is 10.9. The molecule has 3 heteroatoms. The predicted molar refractivity (Wildman–Crippen MR) is 178 cm³/mol. The molecule has 0 saturated carbocycles. The SMILES string of the molecule is CCCCc1ccc(C(C)C)c(-c2ccc3c(c2)-c2cccc4c2N2C3=NSC2C2(CC)C=CC42CC)c1C(C)C. The first-order valence-corrected chi connectivity index (χ1v) is 16.8. The van der Waals surface area contributed by atoms with Gasteiger partial charge >= 0.3 is 0 Å². The number of hydrogen-bond donors (Lipinski definition) is 0. The van der Waals surface area contributed by atoms with Crippen molar-refractivity contribution in [1.29, 1.82) is 0 Å². The van der Waals surface area contributed by atoms with E-state index in [0.29, 0.717) is 17.2 Å². The van der Waals surface area contributed by atoms with Crippen molar-refractivity contribution in [2.24, 2.45) is 9.81 Å². The van der Waals surface area contributed by atoms with Gasteiger partial charge in [-0.1, -0.05) is 103 Å². The van der Waals surface area contributed by atoms with Crippen molar-refractivity contribution in [1.82, 2.24) is 0 Å². The van der Waals surface area contributed by atoms with E-state index in [4.69, 9.17) is 4.40 Å². The number of fused-ring (bicyclic) bond motifs is 6. The van der Waals surface area contributed by atoms with Crippen molar-refractivity contribution < 1.29 is 0 Å². The lowest BCUT2D eigenvalue weighted by atomic mass is 9.48. The summed E-state index contributed by atoms with van der Waals surface area (Å²) in [7, 11) is 0. The van der Waals surface area contributed by atoms with Crippen LogP contribution >= 0.6 is 11.9 Å². The average molecular weight is 561 g/mol. The number of aryl methyl sites for hydroxylation is 1. The number of amidine groups is 1. The van der Waals surface area contributed by atoms with Crippen LogP contribution in [-0.2, 0) is 11.8 Å². The van der Waals surface area contributed by atoms with Gasteiger partial charge in [0, 0.05) is 33.9 Å². The van der Waals surface area contributed by atoms with E-state index in [2.05, 4.69) is 114 Å². The normalized spacial score (nSPS) is 24.8. The summed E-state index contributed by atoms with van der Waals surface area (Å²) in [6, 6.07) is 19.2. The topological polar surface area (TPSA) is 15.6 Å². The van der Waals surface area contributed by atoms with Gasteiger partial charge in [0.15, 0.2) is 0 Å². The Hall–Kier alpha value is -2.78. The number of unbranched alkanes of at least 4 members (excludes halogenated alkanes) is 1. The fraction of sp³-hybridized carbons (Fsp3) is 0.447. The van der Waals surface area contributed by atoms with Crippen molar-refractivity contribution in [2.45, 2.75) is 103 Å². The van der Waals surface area contributed by atoms with Crippen molar-refractivity contribution in [2.75, 3.05) is 4.90 Å². The number of hydrogen-bond acceptors (Lipinski definition) is 3. The van der Waals surface area contributed by atoms with Gasteiger partial charge in [-0.15, -0.1) is 0 Å². The lowest BCUT2D eigenvalue weighted by Crippen LogP contribution is -2.63. The fourth-order valence-electron chi connectivity index (χ4n) is 8.64. The minimum Gasteiger partial charge on any atom is -0.309 e. The summed E-state index contributed by atoms with van der Waals surface area (Å²) in [5.74, 6) is 2.09. The maximum Gasteiger partial charge on any atom is 0.150 e. The second-order valence-electron chi connectivity index (χ2n) is 13.3. The third-order valence-corrected chi connectivity index (χ3v) is 11.9. The van der Waals surface area contributed by atoms with Gasteiger partial charge in [0.25, 0.3) is 0 Å². The summed E-state index contributed by atoms with van der Waals surface area (Å²) >= 11 is 1.81. The van der Waals surface area contributed by atoms with E-state index >= 15 is 0 Å². The second-order valence-corrected chi connectivity index (χ2v) is 14.1. The van der Waals surface area contributed by atoms with Gasteiger partial charge in [0.2, 0.25) is 0 Å². The first kappa shape index (κ1) is 27.1. The molecule has 2 nitrogen and oxygen atoms in total. The van der Waals surface area contributed by atoms with E-state index in [1.54, 1.807) is 17.5 Å². The van der Waals surface area contributed by atoms with E-state index < -0.39 is 0 Å². The van der Waals surface area contributed by atoms with E-state index in [0.717, 1.165) is 25.1 Å². The summed E-state index contributed by atoms with van der Waals surface area (Å²) in [6.45, 7) is 16.5. The molecule has 0 saturated heterocycles. The smallest absolute Gasteiger partial charge is 0.150 e. The Morgan fingerprint density at radius 3 is 2.37 bits per heavy atom. The van der Waals surface area contributed by atoms with Gasteiger partial charge in [0.05, 0.1) is 5.69 Å². The maximum absolute atomic E-state index is 5.23. The van der Waals surface area contributed by atoms with Gasteiger partial charge in [-0.3, -0.25) is 0 Å². The molecule has 1 aliphatic carbocycles. The van der Waals surface area contributed by atoms with E-state index in [1.165, 1.54) is 63.0 Å². The molecular formula is C38H44N2S. The molecule has 4 aliphatic rings. The monoisotopic (exact) mass is 560 g/mol. The molecule has 3 atom stereocenters. The highest BCUT2D eigenvalue weighted by Crippen LogP contribution is 2.69. The number of allylic oxidation sites excluding steroid dienone is 1. The van der Waals surface area contributed by atoms with Crippen LogP contribution in [0, 0.1) is 5.41 Å². The Balaban J connectivity index is 1.48. The predicted octanol–water partition coefficient (Wildman–Crippen LogP) is 10.8. The van der Waals surface area contributed by atoms with Gasteiger partial charge in [-0.2, -0.15) is 4.40 Å². The Morgan fingerprint density at radius 1 is 0.878 bits per heavy atom. The summed E-state index contributed by atoms with van der Waals surface area (Å²) < 4.78 is 5.23. The molecular weight excluding hydrogens is 516 g/mol. The minimum atomic E-state index is 0.0879. The Bertz CT molecular complexity index is 1610. The van der Waals surface area contributed by atoms with Crippen LogP contribution in [0.4, 0.5) is 5.69 Å². The number of rotatable bonds is 8. The fourth-order valence-corrected chi connectivity index (χ4v) is 9.97. The Labute approximate surface area is 251 Å². The Kier molecular flexibility index (Phi) is 6.36. The first-order valence-electron chi connectivity index (χ1n) is 16.0. The zero-order valence-corrected chi connectivity index (χ0v) is 26.7. The van der Waals surface area contributed by atoms with Gasteiger partial charge in [-0.05, 0) is 88.6 Å². The average Bonchev–Trinajstić information content (AvgIpc) is 3.41. The van der Waals surface area contributed by atoms with Crippen LogP contribution in [0.25, 0.3) is 22.3 Å². The zero-order chi connectivity index (χ0) is 28.7. The zero-order valence-electron chi connectivity index (χ0n) is 25.8. The summed E-state index contributed by atoms with van der Waals surface area (Å²) in [5, 5.41) is 0.323. The number of nitrogens with zero attached hydrogens (tertiary/aromatic N) is 2. The third kappa shape index (κ3) is 3.42. The highest BCUT2D eigenvalue weighted by molar-refractivity contribution is 7.99. The molecule has 41 heavy (non-hydrogen) atoms. The third-order valence-electron chi connectivity index (χ3n) is 10.7. The van der Waals surface area contributed by atoms with Crippen LogP contribution in [0.15, 0.2) is 65.1 Å². The molecule has 3 aromatic rings. The van der Waals surface area contributed by atoms with Crippen molar-refractivity contribution in [3.8, 4) is 22.3 Å². The van der Waals surface area contributed by atoms with Crippen molar-refractivity contribution in [3.63, 3.8) is 0 Å². The van der Waals surface area contributed by atoms with Crippen LogP contribution in [0.1, 0.15) is 114 Å². The second kappa shape index (κ2) is 9.63. The molecule has 0 spiro atoms. The lowest BCUT2D eigenvalue weighted by Gasteiger charge is -2.63. The number of para-hydroxylation sites is 1. The quantitative estimate of drug-likeness (QED) is 0.201. The standard InChI is InChI=1S/C38H44N2S/c1-8-11-13-25-16-18-27(23(4)5)33(32(25)24(6)7)26-17-19-29-30(22-26)28-14-12-15-31-34(28)40-35(29)39-41-36(40)38(10-3)21-20-37(31,38)9-2/h12,14-24,36H,8-11,13H2,1-7H3. The van der Waals surface area contributed by atoms with Crippen LogP contribution < -0.4 is 4.90 Å². The van der Waals surface area contributed by atoms with Crippen LogP contribution in [0.3, 0.4) is 0 Å². The van der Waals surface area contributed by atoms with E-state index in [9.17, 15) is 0 Å². The number of anilines is 1. The van der Waals surface area contributed by atoms with Crippen LogP contribution in [0.2, 0.25) is 0 Å². The molecule has 0 aromatic heterocycles. The highest BCUT2D eigenvalue weighted by atomic mass is 32.2. The molecule has 3 unspecified atom stereocenters. The molecule has 0 bridgehead atoms. The van der Waals surface area contributed by atoms with Crippen LogP contribution in [0.5, 0.6) is 0 Å². The summed E-state index contributed by atoms with van der Waals surface area (Å²) in [5.41, 5.74) is 14.5. The van der Waals surface area contributed by atoms with Gasteiger partial charge in [-0.25, -0.2) is 0 Å². The van der Waals surface area contributed by atoms with E-state index in [1.807, 2.05) is 0 Å². The number of benzene rings is 3. The van der Waals surface area contributed by atoms with E-state index in [-0.39, 0.29) is 10.8 Å². The van der Waals surface area contributed by atoms with Gasteiger partial charge < -0.3 is 4.90 Å². The minimum absolute atomic E-state index is 0.0879. The van der Waals surface area contributed by atoms with Gasteiger partial charge in [0.1, 0.15) is 11.2 Å². The molecule has 7 rings (SSSR count). The maximum atomic E-state index is 5.23. The molecule has 3 aromatic carbocycles. The lowest BCUT2D eigenvalue weighted by molar-refractivity contribution is 0.156. The molecule has 212 valence electrons. The van der Waals surface area contributed by atoms with Crippen molar-refractivity contribution >= 4 is 23.5 Å². The molecule has 0 fully saturated rings. The Morgan fingerprint density at radius 2 is 1.71 bits per heavy atom. The van der Waals surface area contributed by atoms with Crippen molar-refractivity contribution in [3.05, 3.63) is 88.5 Å². The largest absolute Gasteiger partial charge is 0.309 e. The molecule has 0 N–H and O–H groups in total. The molecule has 3 heterocycles. The highest BCUT2D eigenvalue weighted by Gasteiger charge is 2.65. The molecule has 0 radical (unpaired) electrons. The molecule has 0 amide bonds. The van der Waals surface area contributed by atoms with Crippen LogP contribution in [-0.4, -0.2) is 11.2 Å².